The monoisotopic (exact) mass is 264 g/mol. The summed E-state index contributed by atoms with van der Waals surface area (Å²) in [6, 6.07) is 10.7. The van der Waals surface area contributed by atoms with Crippen LogP contribution in [0.2, 0.25) is 0 Å². The molecule has 3 nitrogen and oxygen atoms in total. The highest BCUT2D eigenvalue weighted by molar-refractivity contribution is 5.15. The molecule has 0 fully saturated rings. The molecule has 0 spiro atoms. The van der Waals surface area contributed by atoms with E-state index in [4.69, 9.17) is 10.6 Å². The summed E-state index contributed by atoms with van der Waals surface area (Å²) >= 11 is 0. The van der Waals surface area contributed by atoms with Crippen molar-refractivity contribution in [1.82, 2.24) is 5.43 Å². The Morgan fingerprint density at radius 3 is 2.26 bits per heavy atom. The van der Waals surface area contributed by atoms with Crippen molar-refractivity contribution >= 4 is 0 Å². The molecule has 1 rings (SSSR count). The first-order valence-electron chi connectivity index (χ1n) is 7.36. The molecule has 0 aliphatic carbocycles. The van der Waals surface area contributed by atoms with Gasteiger partial charge in [-0.25, -0.2) is 0 Å². The van der Waals surface area contributed by atoms with Gasteiger partial charge in [-0.15, -0.1) is 0 Å². The van der Waals surface area contributed by atoms with Crippen molar-refractivity contribution in [3.05, 3.63) is 35.9 Å². The molecule has 0 radical (unpaired) electrons. The molecule has 0 aliphatic heterocycles. The Morgan fingerprint density at radius 2 is 1.79 bits per heavy atom. The molecule has 1 unspecified atom stereocenters. The van der Waals surface area contributed by atoms with Crippen LogP contribution in [0.15, 0.2) is 30.3 Å². The largest absolute Gasteiger partial charge is 0.374 e. The highest BCUT2D eigenvalue weighted by Crippen LogP contribution is 2.27. The van der Waals surface area contributed by atoms with Crippen molar-refractivity contribution < 1.29 is 4.74 Å². The fraction of sp³-hybridized carbons (Fsp3) is 0.625. The molecule has 19 heavy (non-hydrogen) atoms. The van der Waals surface area contributed by atoms with Crippen molar-refractivity contribution in [3.8, 4) is 0 Å². The maximum atomic E-state index is 6.03. The molecule has 3 heteroatoms. The SMILES string of the molecule is CCOC(CC)(CC)C(CCc1ccccc1)NN. The van der Waals surface area contributed by atoms with Gasteiger partial charge in [-0.1, -0.05) is 44.2 Å². The van der Waals surface area contributed by atoms with E-state index in [1.807, 2.05) is 13.0 Å². The number of nitrogens with two attached hydrogens (primary N) is 1. The van der Waals surface area contributed by atoms with Crippen molar-refractivity contribution in [2.75, 3.05) is 6.61 Å². The molecule has 1 aromatic carbocycles. The van der Waals surface area contributed by atoms with Crippen molar-refractivity contribution in [3.63, 3.8) is 0 Å². The van der Waals surface area contributed by atoms with Gasteiger partial charge in [0.1, 0.15) is 0 Å². The van der Waals surface area contributed by atoms with Crippen LogP contribution in [-0.4, -0.2) is 18.2 Å². The van der Waals surface area contributed by atoms with Gasteiger partial charge in [0.25, 0.3) is 0 Å². The summed E-state index contributed by atoms with van der Waals surface area (Å²) in [5.74, 6) is 5.77. The third-order valence-corrected chi connectivity index (χ3v) is 4.03. The van der Waals surface area contributed by atoms with Crippen molar-refractivity contribution in [2.24, 2.45) is 5.84 Å². The maximum Gasteiger partial charge on any atom is 0.0842 e. The molecule has 108 valence electrons. The van der Waals surface area contributed by atoms with Gasteiger partial charge in [-0.05, 0) is 38.2 Å². The molecule has 3 N–H and O–H groups in total. The Morgan fingerprint density at radius 1 is 1.16 bits per heavy atom. The molecule has 0 bridgehead atoms. The molecular formula is C16H28N2O. The quantitative estimate of drug-likeness (QED) is 0.532. The minimum atomic E-state index is -0.154. The van der Waals surface area contributed by atoms with Crippen LogP contribution in [0, 0.1) is 0 Å². The van der Waals surface area contributed by atoms with Gasteiger partial charge in [-0.2, -0.15) is 0 Å². The smallest absolute Gasteiger partial charge is 0.0842 e. The van der Waals surface area contributed by atoms with E-state index in [-0.39, 0.29) is 11.6 Å². The first-order chi connectivity index (χ1) is 9.22. The number of nitrogens with one attached hydrogen (secondary N) is 1. The van der Waals surface area contributed by atoms with Gasteiger partial charge in [0.2, 0.25) is 0 Å². The summed E-state index contributed by atoms with van der Waals surface area (Å²) < 4.78 is 6.03. The lowest BCUT2D eigenvalue weighted by molar-refractivity contribution is -0.0737. The molecule has 1 aromatic rings. The molecule has 0 heterocycles. The summed E-state index contributed by atoms with van der Waals surface area (Å²) in [7, 11) is 0. The van der Waals surface area contributed by atoms with Gasteiger partial charge in [-0.3, -0.25) is 11.3 Å². The molecule has 0 amide bonds. The molecule has 1 atom stereocenters. The lowest BCUT2D eigenvalue weighted by Crippen LogP contribution is -2.54. The fourth-order valence-corrected chi connectivity index (χ4v) is 2.79. The normalized spacial score (nSPS) is 13.5. The van der Waals surface area contributed by atoms with Crippen LogP contribution in [0.4, 0.5) is 0 Å². The number of hydrogen-bond acceptors (Lipinski definition) is 3. The van der Waals surface area contributed by atoms with Gasteiger partial charge >= 0.3 is 0 Å². The standard InChI is InChI=1S/C16H28N2O/c1-4-16(5-2,19-6-3)15(18-17)13-12-14-10-8-7-9-11-14/h7-11,15,18H,4-6,12-13,17H2,1-3H3. The predicted octanol–water partition coefficient (Wildman–Crippen LogP) is 3.05. The molecular weight excluding hydrogens is 236 g/mol. The summed E-state index contributed by atoms with van der Waals surface area (Å²) in [4.78, 5) is 0. The highest BCUT2D eigenvalue weighted by atomic mass is 16.5. The van der Waals surface area contributed by atoms with Crippen molar-refractivity contribution in [1.29, 1.82) is 0 Å². The molecule has 0 saturated carbocycles. The minimum absolute atomic E-state index is 0.154. The number of hydrogen-bond donors (Lipinski definition) is 2. The van der Waals surface area contributed by atoms with Gasteiger partial charge in [0, 0.05) is 6.61 Å². The average molecular weight is 264 g/mol. The van der Waals surface area contributed by atoms with Gasteiger partial charge in [0.15, 0.2) is 0 Å². The lowest BCUT2D eigenvalue weighted by atomic mass is 9.85. The molecule has 0 aromatic heterocycles. The van der Waals surface area contributed by atoms with Gasteiger partial charge in [0.05, 0.1) is 11.6 Å². The Bertz CT molecular complexity index is 336. The second-order valence-electron chi connectivity index (χ2n) is 4.95. The fourth-order valence-electron chi connectivity index (χ4n) is 2.79. The zero-order valence-corrected chi connectivity index (χ0v) is 12.5. The number of rotatable bonds is 9. The third-order valence-electron chi connectivity index (χ3n) is 4.03. The number of ether oxygens (including phenoxy) is 1. The summed E-state index contributed by atoms with van der Waals surface area (Å²) in [5, 5.41) is 0. The van der Waals surface area contributed by atoms with E-state index >= 15 is 0 Å². The second-order valence-corrected chi connectivity index (χ2v) is 4.95. The summed E-state index contributed by atoms with van der Waals surface area (Å²) in [5.41, 5.74) is 4.17. The van der Waals surface area contributed by atoms with Crippen LogP contribution in [0.5, 0.6) is 0 Å². The highest BCUT2D eigenvalue weighted by Gasteiger charge is 2.35. The van der Waals surface area contributed by atoms with Crippen LogP contribution >= 0.6 is 0 Å². The van der Waals surface area contributed by atoms with Crippen LogP contribution < -0.4 is 11.3 Å². The maximum absolute atomic E-state index is 6.03. The number of hydrazine groups is 1. The summed E-state index contributed by atoms with van der Waals surface area (Å²) in [6.45, 7) is 7.12. The number of aryl methyl sites for hydroxylation is 1. The van der Waals surface area contributed by atoms with E-state index in [9.17, 15) is 0 Å². The lowest BCUT2D eigenvalue weighted by Gasteiger charge is -2.39. The average Bonchev–Trinajstić information content (AvgIpc) is 2.47. The first-order valence-corrected chi connectivity index (χ1v) is 7.36. The second kappa shape index (κ2) is 8.31. The van der Waals surface area contributed by atoms with Crippen molar-refractivity contribution in [2.45, 2.75) is 58.1 Å². The Balaban J connectivity index is 2.69. The third kappa shape index (κ3) is 4.30. The van der Waals surface area contributed by atoms with Crippen LogP contribution in [-0.2, 0) is 11.2 Å². The zero-order chi connectivity index (χ0) is 14.1. The van der Waals surface area contributed by atoms with E-state index in [1.165, 1.54) is 5.56 Å². The van der Waals surface area contributed by atoms with E-state index in [0.29, 0.717) is 0 Å². The molecule has 0 aliphatic rings. The van der Waals surface area contributed by atoms with Gasteiger partial charge < -0.3 is 4.74 Å². The Kier molecular flexibility index (Phi) is 7.06. The first kappa shape index (κ1) is 16.2. The Labute approximate surface area is 117 Å². The zero-order valence-electron chi connectivity index (χ0n) is 12.5. The molecule has 0 saturated heterocycles. The van der Waals surface area contributed by atoms with E-state index in [1.54, 1.807) is 0 Å². The van der Waals surface area contributed by atoms with E-state index in [2.05, 4.69) is 43.5 Å². The predicted molar refractivity (Wildman–Crippen MR) is 80.8 cm³/mol. The summed E-state index contributed by atoms with van der Waals surface area (Å²) in [6.07, 6.45) is 3.95. The Hall–Kier alpha value is -0.900. The van der Waals surface area contributed by atoms with Crippen LogP contribution in [0.1, 0.15) is 45.6 Å². The topological polar surface area (TPSA) is 47.3 Å². The van der Waals surface area contributed by atoms with E-state index < -0.39 is 0 Å². The minimum Gasteiger partial charge on any atom is -0.374 e. The van der Waals surface area contributed by atoms with E-state index in [0.717, 1.165) is 32.3 Å². The van der Waals surface area contributed by atoms with Crippen LogP contribution in [0.25, 0.3) is 0 Å². The number of benzene rings is 1. The van der Waals surface area contributed by atoms with Crippen LogP contribution in [0.3, 0.4) is 0 Å².